The molecule has 0 amide bonds. The van der Waals surface area contributed by atoms with E-state index in [2.05, 4.69) is 27.7 Å². The molecule has 0 fully saturated rings. The Labute approximate surface area is 107 Å². The Morgan fingerprint density at radius 1 is 1.12 bits per heavy atom. The SMILES string of the molecule is CC.CC(CCCCC(N)(O)CO)C(C)(C)C. The van der Waals surface area contributed by atoms with Crippen LogP contribution in [0.25, 0.3) is 0 Å². The second-order valence-electron chi connectivity index (χ2n) is 5.77. The van der Waals surface area contributed by atoms with Gasteiger partial charge < -0.3 is 15.9 Å². The fourth-order valence-electron chi connectivity index (χ4n) is 1.39. The number of aliphatic hydroxyl groups excluding tert-OH is 1. The van der Waals surface area contributed by atoms with Crippen LogP contribution in [-0.4, -0.2) is 22.5 Å². The summed E-state index contributed by atoms with van der Waals surface area (Å²) in [6.07, 6.45) is 3.54. The van der Waals surface area contributed by atoms with Crippen LogP contribution in [0, 0.1) is 11.3 Å². The van der Waals surface area contributed by atoms with Crippen molar-refractivity contribution >= 4 is 0 Å². The van der Waals surface area contributed by atoms with Crippen molar-refractivity contribution in [3.8, 4) is 0 Å². The number of nitrogens with two attached hydrogens (primary N) is 1. The van der Waals surface area contributed by atoms with Gasteiger partial charge in [0.05, 0.1) is 6.61 Å². The van der Waals surface area contributed by atoms with Crippen molar-refractivity contribution in [3.63, 3.8) is 0 Å². The van der Waals surface area contributed by atoms with E-state index in [0.29, 0.717) is 17.8 Å². The topological polar surface area (TPSA) is 66.5 Å². The first-order chi connectivity index (χ1) is 7.69. The zero-order valence-electron chi connectivity index (χ0n) is 12.6. The van der Waals surface area contributed by atoms with Crippen molar-refractivity contribution in [1.29, 1.82) is 0 Å². The summed E-state index contributed by atoms with van der Waals surface area (Å²) in [5.41, 5.74) is 4.38. The van der Waals surface area contributed by atoms with Gasteiger partial charge in [-0.3, -0.25) is 0 Å². The molecule has 0 radical (unpaired) electrons. The van der Waals surface area contributed by atoms with Gasteiger partial charge in [0.15, 0.2) is 0 Å². The van der Waals surface area contributed by atoms with Crippen LogP contribution in [0.1, 0.15) is 67.2 Å². The first-order valence-corrected chi connectivity index (χ1v) is 6.81. The van der Waals surface area contributed by atoms with E-state index in [-0.39, 0.29) is 6.61 Å². The van der Waals surface area contributed by atoms with Crippen molar-refractivity contribution in [2.75, 3.05) is 6.61 Å². The summed E-state index contributed by atoms with van der Waals surface area (Å²) in [4.78, 5) is 0. The lowest BCUT2D eigenvalue weighted by atomic mass is 9.79. The van der Waals surface area contributed by atoms with Crippen LogP contribution in [0.2, 0.25) is 0 Å². The van der Waals surface area contributed by atoms with Crippen LogP contribution >= 0.6 is 0 Å². The quantitative estimate of drug-likeness (QED) is 0.499. The van der Waals surface area contributed by atoms with Crippen LogP contribution in [0.3, 0.4) is 0 Å². The zero-order chi connectivity index (χ0) is 14.1. The average molecular weight is 247 g/mol. The zero-order valence-corrected chi connectivity index (χ0v) is 12.6. The third-order valence-corrected chi connectivity index (χ3v) is 3.25. The van der Waals surface area contributed by atoms with E-state index in [9.17, 15) is 5.11 Å². The van der Waals surface area contributed by atoms with Gasteiger partial charge in [0.2, 0.25) is 0 Å². The van der Waals surface area contributed by atoms with Crippen molar-refractivity contribution in [1.82, 2.24) is 0 Å². The molecule has 0 spiro atoms. The van der Waals surface area contributed by atoms with E-state index in [1.54, 1.807) is 0 Å². The molecule has 3 heteroatoms. The molecule has 0 bridgehead atoms. The number of rotatable bonds is 6. The molecule has 0 aliphatic heterocycles. The lowest BCUT2D eigenvalue weighted by Gasteiger charge is -2.27. The van der Waals surface area contributed by atoms with Crippen LogP contribution in [0.5, 0.6) is 0 Å². The second-order valence-corrected chi connectivity index (χ2v) is 5.77. The van der Waals surface area contributed by atoms with Crippen LogP contribution in [-0.2, 0) is 0 Å². The molecule has 0 aromatic carbocycles. The standard InChI is InChI=1S/C12H27NO2.C2H6/c1-10(11(2,3)4)7-5-6-8-12(13,15)9-14;1-2/h10,14-15H,5-9,13H2,1-4H3;1-2H3. The first kappa shape index (κ1) is 19.2. The summed E-state index contributed by atoms with van der Waals surface area (Å²) in [7, 11) is 0. The van der Waals surface area contributed by atoms with E-state index in [0.717, 1.165) is 19.3 Å². The largest absolute Gasteiger partial charge is 0.392 e. The summed E-state index contributed by atoms with van der Waals surface area (Å²) in [6.45, 7) is 12.6. The highest BCUT2D eigenvalue weighted by Crippen LogP contribution is 2.29. The first-order valence-electron chi connectivity index (χ1n) is 6.81. The molecule has 0 heterocycles. The molecule has 0 aromatic heterocycles. The molecule has 106 valence electrons. The number of unbranched alkanes of at least 4 members (excludes halogenated alkanes) is 1. The van der Waals surface area contributed by atoms with Gasteiger partial charge in [0.25, 0.3) is 0 Å². The molecule has 0 aromatic rings. The molecule has 0 aliphatic rings. The molecule has 0 rings (SSSR count). The number of hydrogen-bond donors (Lipinski definition) is 3. The Balaban J connectivity index is 0. The minimum absolute atomic E-state index is 0.343. The van der Waals surface area contributed by atoms with Crippen LogP contribution in [0.15, 0.2) is 0 Å². The van der Waals surface area contributed by atoms with Gasteiger partial charge in [-0.25, -0.2) is 0 Å². The highest BCUT2D eigenvalue weighted by molar-refractivity contribution is 4.72. The fourth-order valence-corrected chi connectivity index (χ4v) is 1.39. The maximum absolute atomic E-state index is 9.38. The molecule has 17 heavy (non-hydrogen) atoms. The number of hydrogen-bond acceptors (Lipinski definition) is 3. The highest BCUT2D eigenvalue weighted by Gasteiger charge is 2.21. The Kier molecular flexibility index (Phi) is 10.1. The van der Waals surface area contributed by atoms with Gasteiger partial charge in [-0.1, -0.05) is 54.4 Å². The normalized spacial score (nSPS) is 16.8. The molecule has 2 atom stereocenters. The maximum Gasteiger partial charge on any atom is 0.136 e. The fraction of sp³-hybridized carbons (Fsp3) is 1.00. The Morgan fingerprint density at radius 3 is 1.94 bits per heavy atom. The van der Waals surface area contributed by atoms with E-state index in [1.807, 2.05) is 13.8 Å². The predicted molar refractivity (Wildman–Crippen MR) is 74.7 cm³/mol. The van der Waals surface area contributed by atoms with Gasteiger partial charge in [0, 0.05) is 0 Å². The molecule has 2 unspecified atom stereocenters. The lowest BCUT2D eigenvalue weighted by molar-refractivity contribution is -0.0180. The average Bonchev–Trinajstić information content (AvgIpc) is 2.25. The third-order valence-electron chi connectivity index (χ3n) is 3.25. The summed E-state index contributed by atoms with van der Waals surface area (Å²) in [6, 6.07) is 0. The highest BCUT2D eigenvalue weighted by atomic mass is 16.3. The maximum atomic E-state index is 9.38. The van der Waals surface area contributed by atoms with E-state index < -0.39 is 5.72 Å². The Bertz CT molecular complexity index is 174. The minimum Gasteiger partial charge on any atom is -0.392 e. The molecule has 0 saturated heterocycles. The summed E-state index contributed by atoms with van der Waals surface area (Å²) in [5, 5.41) is 18.1. The van der Waals surface area contributed by atoms with Crippen molar-refractivity contribution in [3.05, 3.63) is 0 Å². The minimum atomic E-state index is -1.38. The van der Waals surface area contributed by atoms with Gasteiger partial charge in [-0.15, -0.1) is 0 Å². The summed E-state index contributed by atoms with van der Waals surface area (Å²) in [5.74, 6) is 0.664. The summed E-state index contributed by atoms with van der Waals surface area (Å²) >= 11 is 0. The predicted octanol–water partition coefficient (Wildman–Crippen LogP) is 2.89. The second kappa shape index (κ2) is 8.90. The molecular formula is C14H33NO2. The van der Waals surface area contributed by atoms with Crippen molar-refractivity contribution < 1.29 is 10.2 Å². The smallest absolute Gasteiger partial charge is 0.136 e. The van der Waals surface area contributed by atoms with Gasteiger partial charge in [0.1, 0.15) is 5.72 Å². The van der Waals surface area contributed by atoms with Crippen molar-refractivity contribution in [2.45, 2.75) is 73.0 Å². The van der Waals surface area contributed by atoms with E-state index >= 15 is 0 Å². The van der Waals surface area contributed by atoms with E-state index in [1.165, 1.54) is 0 Å². The summed E-state index contributed by atoms with van der Waals surface area (Å²) < 4.78 is 0. The monoisotopic (exact) mass is 247 g/mol. The third kappa shape index (κ3) is 10.7. The van der Waals surface area contributed by atoms with Crippen molar-refractivity contribution in [2.24, 2.45) is 17.1 Å². The Hall–Kier alpha value is -0.120. The van der Waals surface area contributed by atoms with E-state index in [4.69, 9.17) is 10.8 Å². The van der Waals surface area contributed by atoms with Crippen LogP contribution in [0.4, 0.5) is 0 Å². The number of aliphatic hydroxyl groups is 2. The van der Waals surface area contributed by atoms with Crippen LogP contribution < -0.4 is 5.73 Å². The van der Waals surface area contributed by atoms with Gasteiger partial charge in [-0.05, 0) is 24.2 Å². The van der Waals surface area contributed by atoms with Gasteiger partial charge in [-0.2, -0.15) is 0 Å². The Morgan fingerprint density at radius 2 is 1.59 bits per heavy atom. The molecule has 0 saturated carbocycles. The lowest BCUT2D eigenvalue weighted by Crippen LogP contribution is -2.43. The molecule has 4 N–H and O–H groups in total. The molecular weight excluding hydrogens is 214 g/mol. The molecule has 0 aliphatic carbocycles. The molecule has 3 nitrogen and oxygen atoms in total. The van der Waals surface area contributed by atoms with Gasteiger partial charge >= 0.3 is 0 Å².